The number of carbonyl (C=O) groups is 1. The van der Waals surface area contributed by atoms with E-state index in [2.05, 4.69) is 65.9 Å². The Kier molecular flexibility index (Phi) is 6.95. The molecule has 2 heterocycles. The Morgan fingerprint density at radius 1 is 0.917 bits per heavy atom. The molecule has 5 rings (SSSR count). The second-order valence-electron chi connectivity index (χ2n) is 9.73. The summed E-state index contributed by atoms with van der Waals surface area (Å²) in [6.07, 6.45) is 5.42. The maximum atomic E-state index is 13.0. The van der Waals surface area contributed by atoms with Gasteiger partial charge in [0, 0.05) is 36.7 Å². The fourth-order valence-electron chi connectivity index (χ4n) is 5.21. The van der Waals surface area contributed by atoms with E-state index in [4.69, 9.17) is 4.74 Å². The molecule has 1 aliphatic rings. The number of ketones is 1. The van der Waals surface area contributed by atoms with E-state index in [0.29, 0.717) is 0 Å². The highest BCUT2D eigenvalue weighted by Gasteiger charge is 2.29. The Hall–Kier alpha value is -3.79. The third-order valence-electron chi connectivity index (χ3n) is 7.28. The lowest BCUT2D eigenvalue weighted by Crippen LogP contribution is -2.37. The first kappa shape index (κ1) is 23.9. The van der Waals surface area contributed by atoms with Crippen LogP contribution in [0.15, 0.2) is 78.9 Å². The van der Waals surface area contributed by atoms with Crippen molar-refractivity contribution in [2.45, 2.75) is 33.2 Å². The summed E-state index contributed by atoms with van der Waals surface area (Å²) < 4.78 is 7.60. The van der Waals surface area contributed by atoms with E-state index in [9.17, 15) is 4.79 Å². The molecule has 1 aliphatic heterocycles. The number of nitrogens with zero attached hydrogens (tertiary/aromatic N) is 2. The van der Waals surface area contributed by atoms with Crippen LogP contribution < -0.4 is 9.64 Å². The van der Waals surface area contributed by atoms with Crippen LogP contribution >= 0.6 is 0 Å². The Morgan fingerprint density at radius 2 is 1.58 bits per heavy atom. The first-order chi connectivity index (χ1) is 17.5. The summed E-state index contributed by atoms with van der Waals surface area (Å²) in [7, 11) is 1.69. The number of piperidine rings is 1. The SMILES string of the molecule is COc1ccc(Cn2[c]c(-c3ccc(C)cc3)c(C)c2N2CCC(C(=O)c3ccccc3)CC2)cc1. The predicted octanol–water partition coefficient (Wildman–Crippen LogP) is 6.73. The lowest BCUT2D eigenvalue weighted by Gasteiger charge is -2.34. The van der Waals surface area contributed by atoms with Crippen LogP contribution in [0, 0.1) is 26.0 Å². The summed E-state index contributed by atoms with van der Waals surface area (Å²) in [6.45, 7) is 6.76. The van der Waals surface area contributed by atoms with E-state index in [1.807, 2.05) is 42.5 Å². The van der Waals surface area contributed by atoms with Gasteiger partial charge in [0.25, 0.3) is 0 Å². The summed E-state index contributed by atoms with van der Waals surface area (Å²) in [5.74, 6) is 2.41. The number of methoxy groups -OCH3 is 1. The van der Waals surface area contributed by atoms with Gasteiger partial charge in [-0.15, -0.1) is 0 Å². The number of aryl methyl sites for hydroxylation is 1. The average Bonchev–Trinajstić information content (AvgIpc) is 3.25. The molecule has 0 unspecified atom stereocenters. The van der Waals surface area contributed by atoms with E-state index in [-0.39, 0.29) is 11.7 Å². The summed E-state index contributed by atoms with van der Waals surface area (Å²) in [5.41, 5.74) is 6.83. The summed E-state index contributed by atoms with van der Waals surface area (Å²) in [5, 5.41) is 0. The smallest absolute Gasteiger partial charge is 0.166 e. The van der Waals surface area contributed by atoms with E-state index >= 15 is 0 Å². The van der Waals surface area contributed by atoms with Crippen LogP contribution in [0.25, 0.3) is 11.1 Å². The molecule has 0 spiro atoms. The molecular weight excluding hydrogens is 444 g/mol. The topological polar surface area (TPSA) is 34.5 Å². The van der Waals surface area contributed by atoms with Crippen molar-refractivity contribution >= 4 is 11.6 Å². The van der Waals surface area contributed by atoms with Crippen LogP contribution in [0.1, 0.15) is 39.9 Å². The van der Waals surface area contributed by atoms with Gasteiger partial charge in [-0.2, -0.15) is 0 Å². The monoisotopic (exact) mass is 477 g/mol. The molecule has 0 atom stereocenters. The molecule has 36 heavy (non-hydrogen) atoms. The predicted molar refractivity (Wildman–Crippen MR) is 146 cm³/mol. The van der Waals surface area contributed by atoms with Crippen molar-refractivity contribution in [3.8, 4) is 16.9 Å². The summed E-state index contributed by atoms with van der Waals surface area (Å²) >= 11 is 0. The number of carbonyl (C=O) groups excluding carboxylic acids is 1. The van der Waals surface area contributed by atoms with Gasteiger partial charge < -0.3 is 14.2 Å². The zero-order valence-corrected chi connectivity index (χ0v) is 21.3. The van der Waals surface area contributed by atoms with Crippen LogP contribution in [-0.4, -0.2) is 30.5 Å². The molecule has 0 amide bonds. The maximum absolute atomic E-state index is 13.0. The highest BCUT2D eigenvalue weighted by Crippen LogP contribution is 2.36. The van der Waals surface area contributed by atoms with Crippen LogP contribution in [0.5, 0.6) is 5.75 Å². The Bertz CT molecular complexity index is 1310. The minimum absolute atomic E-state index is 0.0782. The first-order valence-corrected chi connectivity index (χ1v) is 12.7. The lowest BCUT2D eigenvalue weighted by atomic mass is 9.89. The Morgan fingerprint density at radius 3 is 2.22 bits per heavy atom. The highest BCUT2D eigenvalue weighted by atomic mass is 16.5. The largest absolute Gasteiger partial charge is 0.497 e. The van der Waals surface area contributed by atoms with Crippen LogP contribution in [0.4, 0.5) is 5.82 Å². The van der Waals surface area contributed by atoms with Gasteiger partial charge in [-0.3, -0.25) is 4.79 Å². The van der Waals surface area contributed by atoms with Gasteiger partial charge in [-0.25, -0.2) is 0 Å². The molecule has 4 nitrogen and oxygen atoms in total. The molecule has 1 aromatic heterocycles. The van der Waals surface area contributed by atoms with Crippen LogP contribution in [0.3, 0.4) is 0 Å². The van der Waals surface area contributed by atoms with Gasteiger partial charge in [-0.1, -0.05) is 72.3 Å². The normalized spacial score (nSPS) is 14.1. The summed E-state index contributed by atoms with van der Waals surface area (Å²) in [4.78, 5) is 15.5. The van der Waals surface area contributed by atoms with Crippen molar-refractivity contribution in [3.05, 3.63) is 107 Å². The van der Waals surface area contributed by atoms with E-state index in [1.165, 1.54) is 28.1 Å². The van der Waals surface area contributed by atoms with Crippen molar-refractivity contribution in [1.29, 1.82) is 0 Å². The molecule has 1 saturated heterocycles. The van der Waals surface area contributed by atoms with Gasteiger partial charge >= 0.3 is 0 Å². The third-order valence-corrected chi connectivity index (χ3v) is 7.28. The minimum atomic E-state index is 0.0782. The fourth-order valence-corrected chi connectivity index (χ4v) is 5.21. The van der Waals surface area contributed by atoms with Crippen molar-refractivity contribution < 1.29 is 9.53 Å². The zero-order chi connectivity index (χ0) is 25.1. The van der Waals surface area contributed by atoms with Crippen molar-refractivity contribution in [2.24, 2.45) is 5.92 Å². The molecule has 183 valence electrons. The molecule has 3 aromatic carbocycles. The maximum Gasteiger partial charge on any atom is 0.166 e. The molecular formula is C32H33N2O2. The third kappa shape index (κ3) is 4.94. The molecule has 0 saturated carbocycles. The zero-order valence-electron chi connectivity index (χ0n) is 21.3. The quantitative estimate of drug-likeness (QED) is 0.277. The highest BCUT2D eigenvalue weighted by molar-refractivity contribution is 5.98. The second-order valence-corrected chi connectivity index (χ2v) is 9.73. The van der Waals surface area contributed by atoms with E-state index < -0.39 is 0 Å². The lowest BCUT2D eigenvalue weighted by molar-refractivity contribution is 0.0900. The van der Waals surface area contributed by atoms with E-state index in [0.717, 1.165) is 49.4 Å². The van der Waals surface area contributed by atoms with Gasteiger partial charge in [0.1, 0.15) is 11.6 Å². The van der Waals surface area contributed by atoms with Crippen molar-refractivity contribution in [1.82, 2.24) is 4.57 Å². The molecule has 0 aliphatic carbocycles. The Labute approximate surface area is 214 Å². The second kappa shape index (κ2) is 10.4. The first-order valence-electron chi connectivity index (χ1n) is 12.7. The molecule has 0 N–H and O–H groups in total. The molecule has 1 fully saturated rings. The minimum Gasteiger partial charge on any atom is -0.497 e. The van der Waals surface area contributed by atoms with Gasteiger partial charge in [0.15, 0.2) is 5.78 Å². The number of aromatic nitrogens is 1. The van der Waals surface area contributed by atoms with Crippen LogP contribution in [0.2, 0.25) is 0 Å². The number of hydrogen-bond donors (Lipinski definition) is 0. The van der Waals surface area contributed by atoms with Crippen molar-refractivity contribution in [2.75, 3.05) is 25.1 Å². The van der Waals surface area contributed by atoms with Gasteiger partial charge in [-0.05, 0) is 55.5 Å². The average molecular weight is 478 g/mol. The van der Waals surface area contributed by atoms with E-state index in [1.54, 1.807) is 7.11 Å². The van der Waals surface area contributed by atoms with Crippen LogP contribution in [-0.2, 0) is 6.54 Å². The Balaban J connectivity index is 1.43. The number of hydrogen-bond acceptors (Lipinski definition) is 3. The number of rotatable bonds is 7. The van der Waals surface area contributed by atoms with Gasteiger partial charge in [0.2, 0.25) is 0 Å². The number of ether oxygens (including phenoxy) is 1. The standard InChI is InChI=1S/C32H33N2O2/c1-23-9-13-26(14-10-23)30-22-34(21-25-11-15-29(36-3)16-12-25)32(24(30)2)33-19-17-28(18-20-33)31(35)27-7-5-4-6-8-27/h4-16,28H,17-21H2,1-3H3. The van der Waals surface area contributed by atoms with Crippen molar-refractivity contribution in [3.63, 3.8) is 0 Å². The summed E-state index contributed by atoms with van der Waals surface area (Å²) in [6, 6.07) is 26.6. The molecule has 4 aromatic rings. The number of Topliss-reactive ketones (excluding diaryl/α,β-unsaturated/α-hetero) is 1. The number of anilines is 1. The molecule has 4 heteroatoms. The molecule has 1 radical (unpaired) electrons. The van der Waals surface area contributed by atoms with Gasteiger partial charge in [0.05, 0.1) is 13.3 Å². The fraction of sp³-hybridized carbons (Fsp3) is 0.281. The molecule has 0 bridgehead atoms. The number of benzene rings is 3.